The molecule has 1 aromatic heterocycles. The number of carbonyl (C=O) groups excluding carboxylic acids is 1. The highest BCUT2D eigenvalue weighted by molar-refractivity contribution is 8.00. The summed E-state index contributed by atoms with van der Waals surface area (Å²) in [6.07, 6.45) is 3.27. The molecule has 1 heterocycles. The van der Waals surface area contributed by atoms with Gasteiger partial charge in [0.25, 0.3) is 5.91 Å². The second kappa shape index (κ2) is 11.7. The van der Waals surface area contributed by atoms with Crippen LogP contribution >= 0.6 is 35.0 Å². The lowest BCUT2D eigenvalue weighted by molar-refractivity contribution is -0.120. The number of nitrogens with one attached hydrogen (secondary N) is 2. The van der Waals surface area contributed by atoms with Gasteiger partial charge in [-0.3, -0.25) is 4.79 Å². The van der Waals surface area contributed by atoms with Crippen molar-refractivity contribution in [2.75, 3.05) is 5.32 Å². The summed E-state index contributed by atoms with van der Waals surface area (Å²) in [5.74, 6) is 0.471. The molecule has 0 bridgehead atoms. The van der Waals surface area contributed by atoms with Gasteiger partial charge in [-0.05, 0) is 37.3 Å². The van der Waals surface area contributed by atoms with Crippen molar-refractivity contribution in [2.24, 2.45) is 5.10 Å². The summed E-state index contributed by atoms with van der Waals surface area (Å²) in [7, 11) is 0. The number of hydrogen-bond donors (Lipinski definition) is 2. The summed E-state index contributed by atoms with van der Waals surface area (Å²) in [6.45, 7) is 6.57. The Kier molecular flexibility index (Phi) is 8.72. The van der Waals surface area contributed by atoms with E-state index in [0.29, 0.717) is 28.3 Å². The van der Waals surface area contributed by atoms with Crippen LogP contribution in [0.25, 0.3) is 0 Å². The molecule has 32 heavy (non-hydrogen) atoms. The quantitative estimate of drug-likeness (QED) is 0.181. The Hall–Kier alpha value is -2.81. The van der Waals surface area contributed by atoms with Gasteiger partial charge in [0, 0.05) is 27.8 Å². The van der Waals surface area contributed by atoms with Gasteiger partial charge >= 0.3 is 0 Å². The zero-order valence-electron chi connectivity index (χ0n) is 17.3. The fourth-order valence-electron chi connectivity index (χ4n) is 2.65. The van der Waals surface area contributed by atoms with Gasteiger partial charge in [-0.25, -0.2) is 5.43 Å². The summed E-state index contributed by atoms with van der Waals surface area (Å²) in [5.41, 5.74) is 4.18. The van der Waals surface area contributed by atoms with E-state index >= 15 is 0 Å². The zero-order chi connectivity index (χ0) is 22.9. The number of hydrazone groups is 1. The van der Waals surface area contributed by atoms with Gasteiger partial charge in [0.1, 0.15) is 0 Å². The van der Waals surface area contributed by atoms with E-state index in [4.69, 9.17) is 23.2 Å². The van der Waals surface area contributed by atoms with Crippen LogP contribution in [0.3, 0.4) is 0 Å². The molecule has 0 unspecified atom stereocenters. The lowest BCUT2D eigenvalue weighted by Gasteiger charge is -2.12. The highest BCUT2D eigenvalue weighted by Crippen LogP contribution is 2.23. The lowest BCUT2D eigenvalue weighted by Crippen LogP contribution is -2.27. The van der Waals surface area contributed by atoms with Crippen LogP contribution in [0, 0.1) is 0 Å². The molecule has 1 atom stereocenters. The van der Waals surface area contributed by atoms with Gasteiger partial charge in [-0.15, -0.1) is 16.8 Å². The Bertz CT molecular complexity index is 1100. The van der Waals surface area contributed by atoms with E-state index in [1.165, 1.54) is 18.0 Å². The predicted molar refractivity (Wildman–Crippen MR) is 132 cm³/mol. The van der Waals surface area contributed by atoms with Gasteiger partial charge in [-0.1, -0.05) is 59.2 Å². The second-order valence-corrected chi connectivity index (χ2v) is 8.83. The third-order valence-corrected chi connectivity index (χ3v) is 6.01. The SMILES string of the molecule is C=CCn1c(CNc2ccc(Cl)cc2)nnc1S[C@H](C)C(=O)N/N=C\c1ccccc1Cl. The van der Waals surface area contributed by atoms with E-state index in [1.807, 2.05) is 47.0 Å². The average molecular weight is 489 g/mol. The first-order chi connectivity index (χ1) is 15.5. The molecule has 0 fully saturated rings. The number of thioether (sulfide) groups is 1. The van der Waals surface area contributed by atoms with Crippen LogP contribution in [-0.4, -0.2) is 32.1 Å². The minimum absolute atomic E-state index is 0.257. The number of halogens is 2. The van der Waals surface area contributed by atoms with Gasteiger partial charge < -0.3 is 9.88 Å². The Morgan fingerprint density at radius 2 is 1.97 bits per heavy atom. The maximum Gasteiger partial charge on any atom is 0.253 e. The molecule has 3 aromatic rings. The molecule has 0 aliphatic carbocycles. The number of aromatic nitrogens is 3. The minimum atomic E-state index is -0.441. The van der Waals surface area contributed by atoms with Gasteiger partial charge in [0.15, 0.2) is 11.0 Å². The Morgan fingerprint density at radius 3 is 2.69 bits per heavy atom. The normalized spacial score (nSPS) is 12.0. The molecule has 10 heteroatoms. The number of carbonyl (C=O) groups is 1. The zero-order valence-corrected chi connectivity index (χ0v) is 19.7. The molecule has 7 nitrogen and oxygen atoms in total. The molecule has 1 amide bonds. The molecule has 0 spiro atoms. The van der Waals surface area contributed by atoms with Crippen LogP contribution < -0.4 is 10.7 Å². The first kappa shape index (κ1) is 23.8. The van der Waals surface area contributed by atoms with E-state index in [2.05, 4.69) is 32.6 Å². The van der Waals surface area contributed by atoms with Crippen LogP contribution in [0.1, 0.15) is 18.3 Å². The van der Waals surface area contributed by atoms with Gasteiger partial charge in [0.2, 0.25) is 0 Å². The van der Waals surface area contributed by atoms with Crippen molar-refractivity contribution in [2.45, 2.75) is 30.4 Å². The summed E-state index contributed by atoms with van der Waals surface area (Å²) >= 11 is 13.3. The lowest BCUT2D eigenvalue weighted by atomic mass is 10.2. The summed E-state index contributed by atoms with van der Waals surface area (Å²) < 4.78 is 1.91. The standard InChI is InChI=1S/C22H22Cl2N6OS/c1-3-12-30-20(14-25-18-10-8-17(23)9-11-18)27-29-22(30)32-15(2)21(31)28-26-13-16-6-4-5-7-19(16)24/h3-11,13,15,25H,1,12,14H2,2H3,(H,28,31)/b26-13-/t15-/m1/s1. The van der Waals surface area contributed by atoms with Crippen molar-refractivity contribution in [3.63, 3.8) is 0 Å². The third kappa shape index (κ3) is 6.59. The van der Waals surface area contributed by atoms with Crippen molar-refractivity contribution < 1.29 is 4.79 Å². The fourth-order valence-corrected chi connectivity index (χ4v) is 3.83. The van der Waals surface area contributed by atoms with Crippen LogP contribution in [-0.2, 0) is 17.9 Å². The molecule has 0 aliphatic rings. The van der Waals surface area contributed by atoms with Gasteiger partial charge in [0.05, 0.1) is 18.0 Å². The van der Waals surface area contributed by atoms with Gasteiger partial charge in [-0.2, -0.15) is 5.10 Å². The van der Waals surface area contributed by atoms with Crippen molar-refractivity contribution in [3.8, 4) is 0 Å². The fraction of sp³-hybridized carbons (Fsp3) is 0.182. The van der Waals surface area contributed by atoms with E-state index in [1.54, 1.807) is 19.1 Å². The monoisotopic (exact) mass is 488 g/mol. The largest absolute Gasteiger partial charge is 0.378 e. The first-order valence-electron chi connectivity index (χ1n) is 9.74. The maximum absolute atomic E-state index is 12.5. The molecule has 3 rings (SSSR count). The molecule has 0 radical (unpaired) electrons. The Morgan fingerprint density at radius 1 is 1.22 bits per heavy atom. The van der Waals surface area contributed by atoms with Crippen molar-refractivity contribution >= 4 is 52.8 Å². The highest BCUT2D eigenvalue weighted by atomic mass is 35.5. The number of benzene rings is 2. The number of nitrogens with zero attached hydrogens (tertiary/aromatic N) is 4. The number of anilines is 1. The maximum atomic E-state index is 12.5. The molecular weight excluding hydrogens is 467 g/mol. The summed E-state index contributed by atoms with van der Waals surface area (Å²) in [4.78, 5) is 12.5. The van der Waals surface area contributed by atoms with Crippen LogP contribution in [0.2, 0.25) is 10.0 Å². The number of allylic oxidation sites excluding steroid dienone is 1. The minimum Gasteiger partial charge on any atom is -0.378 e. The van der Waals surface area contributed by atoms with Crippen molar-refractivity contribution in [1.82, 2.24) is 20.2 Å². The predicted octanol–water partition coefficient (Wildman–Crippen LogP) is 5.01. The van der Waals surface area contributed by atoms with E-state index in [9.17, 15) is 4.79 Å². The molecule has 2 N–H and O–H groups in total. The summed E-state index contributed by atoms with van der Waals surface area (Å²) in [5, 5.41) is 17.2. The molecule has 0 aliphatic heterocycles. The smallest absolute Gasteiger partial charge is 0.253 e. The van der Waals surface area contributed by atoms with Crippen LogP contribution in [0.5, 0.6) is 0 Å². The Balaban J connectivity index is 1.61. The third-order valence-electron chi connectivity index (χ3n) is 4.33. The topological polar surface area (TPSA) is 84.2 Å². The van der Waals surface area contributed by atoms with Crippen LogP contribution in [0.4, 0.5) is 5.69 Å². The van der Waals surface area contributed by atoms with Crippen LogP contribution in [0.15, 0.2) is 71.4 Å². The average Bonchev–Trinajstić information content (AvgIpc) is 3.16. The first-order valence-corrected chi connectivity index (χ1v) is 11.4. The van der Waals surface area contributed by atoms with E-state index in [-0.39, 0.29) is 5.91 Å². The number of rotatable bonds is 10. The highest BCUT2D eigenvalue weighted by Gasteiger charge is 2.19. The molecular formula is C22H22Cl2N6OS. The Labute approximate surface area is 200 Å². The van der Waals surface area contributed by atoms with Crippen molar-refractivity contribution in [3.05, 3.63) is 82.6 Å². The number of hydrogen-bond acceptors (Lipinski definition) is 6. The van der Waals surface area contributed by atoms with E-state index in [0.717, 1.165) is 17.1 Å². The van der Waals surface area contributed by atoms with Crippen molar-refractivity contribution in [1.29, 1.82) is 0 Å². The molecule has 166 valence electrons. The summed E-state index contributed by atoms with van der Waals surface area (Å²) in [6, 6.07) is 14.7. The number of amides is 1. The second-order valence-electron chi connectivity index (χ2n) is 6.67. The molecule has 0 saturated heterocycles. The van der Waals surface area contributed by atoms with E-state index < -0.39 is 5.25 Å². The molecule has 2 aromatic carbocycles. The molecule has 0 saturated carbocycles.